The SMILES string of the molecule is Cc1ncn(CC(O)P(=O)(O)O)c1C.O.O.O=[PH](O)O. The fourth-order valence-corrected chi connectivity index (χ4v) is 1.40. The Balaban J connectivity index is -0.000000429. The van der Waals surface area contributed by atoms with Gasteiger partial charge in [0.05, 0.1) is 18.6 Å². The van der Waals surface area contributed by atoms with E-state index in [1.165, 1.54) is 10.9 Å². The highest BCUT2D eigenvalue weighted by Crippen LogP contribution is 2.40. The zero-order valence-electron chi connectivity index (χ0n) is 10.8. The Morgan fingerprint density at radius 1 is 1.35 bits per heavy atom. The van der Waals surface area contributed by atoms with Gasteiger partial charge in [0.2, 0.25) is 0 Å². The molecular weight excluding hydrogens is 318 g/mol. The average molecular weight is 338 g/mol. The van der Waals surface area contributed by atoms with Gasteiger partial charge in [-0.1, -0.05) is 0 Å². The van der Waals surface area contributed by atoms with Gasteiger partial charge in [0.25, 0.3) is 0 Å². The summed E-state index contributed by atoms with van der Waals surface area (Å²) in [5, 5.41) is 9.16. The van der Waals surface area contributed by atoms with Gasteiger partial charge in [-0.05, 0) is 13.8 Å². The van der Waals surface area contributed by atoms with Gasteiger partial charge in [-0.15, -0.1) is 0 Å². The topological polar surface area (TPSA) is 216 Å². The van der Waals surface area contributed by atoms with E-state index in [1.54, 1.807) is 13.8 Å². The molecule has 1 atom stereocenters. The summed E-state index contributed by atoms with van der Waals surface area (Å²) in [4.78, 5) is 35.6. The predicted octanol–water partition coefficient (Wildman–Crippen LogP) is -2.29. The van der Waals surface area contributed by atoms with Gasteiger partial charge in [0.1, 0.15) is 0 Å². The maximum absolute atomic E-state index is 10.7. The van der Waals surface area contributed by atoms with E-state index in [-0.39, 0.29) is 17.5 Å². The summed E-state index contributed by atoms with van der Waals surface area (Å²) >= 11 is 0. The van der Waals surface area contributed by atoms with Crippen molar-refractivity contribution < 1.29 is 44.8 Å². The van der Waals surface area contributed by atoms with Crippen LogP contribution in [0.5, 0.6) is 0 Å². The Hall–Kier alpha value is -0.610. The first kappa shape index (κ1) is 24.4. The Bertz CT molecular complexity index is 453. The van der Waals surface area contributed by atoms with Crippen LogP contribution < -0.4 is 0 Å². The number of aromatic nitrogens is 2. The Morgan fingerprint density at radius 3 is 2.00 bits per heavy atom. The van der Waals surface area contributed by atoms with Crippen LogP contribution in [0.25, 0.3) is 0 Å². The van der Waals surface area contributed by atoms with Crippen molar-refractivity contribution in [3.05, 3.63) is 17.7 Å². The highest BCUT2D eigenvalue weighted by molar-refractivity contribution is 7.52. The van der Waals surface area contributed by atoms with E-state index < -0.39 is 21.7 Å². The van der Waals surface area contributed by atoms with Gasteiger partial charge in [-0.3, -0.25) is 9.13 Å². The zero-order valence-corrected chi connectivity index (χ0v) is 12.7. The summed E-state index contributed by atoms with van der Waals surface area (Å²) in [5.74, 6) is -1.67. The smallest absolute Gasteiger partial charge is 0.355 e. The fraction of sp³-hybridized carbons (Fsp3) is 0.571. The van der Waals surface area contributed by atoms with Crippen LogP contribution in [0.4, 0.5) is 0 Å². The van der Waals surface area contributed by atoms with Crippen molar-refractivity contribution in [2.45, 2.75) is 26.2 Å². The Labute approximate surface area is 115 Å². The number of aliphatic hydroxyl groups excluding tert-OH is 1. The van der Waals surface area contributed by atoms with Crippen molar-refractivity contribution in [3.63, 3.8) is 0 Å². The standard InChI is InChI=1S/C7H13N2O4P.H3O3P.2H2O/c1-5-6(2)9(4-8-5)3-7(10)14(11,12)13;1-4(2)3;;/h4,7,10H,3H2,1-2H3,(H2,11,12,13);4H,(H2,1,2,3);2*1H2. The van der Waals surface area contributed by atoms with E-state index in [4.69, 9.17) is 29.2 Å². The molecule has 0 bridgehead atoms. The molecule has 1 rings (SSSR count). The Kier molecular flexibility index (Phi) is 12.4. The number of hydrogen-bond donors (Lipinski definition) is 5. The molecular formula is C7H20N2O9P2. The minimum atomic E-state index is -4.43. The average Bonchev–Trinajstić information content (AvgIpc) is 2.47. The molecule has 0 radical (unpaired) electrons. The van der Waals surface area contributed by atoms with Crippen LogP contribution in [0.3, 0.4) is 0 Å². The molecule has 0 aliphatic carbocycles. The lowest BCUT2D eigenvalue weighted by Gasteiger charge is -2.13. The third-order valence-electron chi connectivity index (χ3n) is 2.09. The molecule has 20 heavy (non-hydrogen) atoms. The van der Waals surface area contributed by atoms with Gasteiger partial charge in [0, 0.05) is 5.69 Å². The van der Waals surface area contributed by atoms with E-state index in [2.05, 4.69) is 4.98 Å². The first-order chi connectivity index (χ1) is 8.05. The van der Waals surface area contributed by atoms with E-state index in [0.29, 0.717) is 0 Å². The summed E-state index contributed by atoms with van der Waals surface area (Å²) < 4.78 is 20.9. The van der Waals surface area contributed by atoms with E-state index in [1.807, 2.05) is 0 Å². The molecule has 13 heteroatoms. The molecule has 0 saturated heterocycles. The quantitative estimate of drug-likeness (QED) is 0.377. The van der Waals surface area contributed by atoms with Crippen LogP contribution in [-0.4, -0.2) is 51.0 Å². The van der Waals surface area contributed by atoms with E-state index >= 15 is 0 Å². The molecule has 0 spiro atoms. The lowest BCUT2D eigenvalue weighted by Crippen LogP contribution is -2.16. The number of imidazole rings is 1. The van der Waals surface area contributed by atoms with Gasteiger partial charge >= 0.3 is 15.9 Å². The van der Waals surface area contributed by atoms with Crippen LogP contribution >= 0.6 is 15.9 Å². The molecule has 0 amide bonds. The van der Waals surface area contributed by atoms with Gasteiger partial charge in [-0.2, -0.15) is 0 Å². The van der Waals surface area contributed by atoms with Crippen LogP contribution in [-0.2, 0) is 15.7 Å². The van der Waals surface area contributed by atoms with Crippen molar-refractivity contribution >= 4 is 15.9 Å². The highest BCUT2D eigenvalue weighted by atomic mass is 31.2. The molecule has 0 saturated carbocycles. The van der Waals surface area contributed by atoms with Crippen molar-refractivity contribution in [1.29, 1.82) is 0 Å². The highest BCUT2D eigenvalue weighted by Gasteiger charge is 2.26. The third-order valence-corrected chi connectivity index (χ3v) is 3.03. The number of aliphatic hydroxyl groups is 1. The second-order valence-electron chi connectivity index (χ2n) is 3.42. The lowest BCUT2D eigenvalue weighted by molar-refractivity contribution is 0.184. The summed E-state index contributed by atoms with van der Waals surface area (Å²) in [6.45, 7) is 3.42. The van der Waals surface area contributed by atoms with Gasteiger partial charge < -0.3 is 40.2 Å². The summed E-state index contributed by atoms with van der Waals surface area (Å²) in [7, 11) is -7.56. The molecule has 0 aliphatic heterocycles. The molecule has 122 valence electrons. The Morgan fingerprint density at radius 2 is 1.75 bits per heavy atom. The van der Waals surface area contributed by atoms with E-state index in [0.717, 1.165) is 11.4 Å². The molecule has 1 heterocycles. The van der Waals surface area contributed by atoms with Crippen molar-refractivity contribution in [3.8, 4) is 0 Å². The van der Waals surface area contributed by atoms with Crippen molar-refractivity contribution in [1.82, 2.24) is 9.55 Å². The number of hydrogen-bond acceptors (Lipinski definition) is 4. The first-order valence-corrected chi connectivity index (χ1v) is 7.67. The molecule has 0 fully saturated rings. The minimum Gasteiger partial charge on any atom is -0.412 e. The number of nitrogens with zero attached hydrogens (tertiary/aromatic N) is 2. The summed E-state index contributed by atoms with van der Waals surface area (Å²) in [6, 6.07) is 0. The molecule has 1 aromatic rings. The number of aryl methyl sites for hydroxylation is 1. The number of rotatable bonds is 3. The molecule has 0 aromatic carbocycles. The lowest BCUT2D eigenvalue weighted by atomic mass is 10.4. The van der Waals surface area contributed by atoms with Crippen LogP contribution in [0.1, 0.15) is 11.4 Å². The van der Waals surface area contributed by atoms with Gasteiger partial charge in [0.15, 0.2) is 5.85 Å². The molecule has 11 nitrogen and oxygen atoms in total. The molecule has 1 aromatic heterocycles. The third kappa shape index (κ3) is 9.32. The largest absolute Gasteiger partial charge is 0.412 e. The van der Waals surface area contributed by atoms with Crippen molar-refractivity contribution in [2.24, 2.45) is 0 Å². The summed E-state index contributed by atoms with van der Waals surface area (Å²) in [5.41, 5.74) is 1.57. The van der Waals surface area contributed by atoms with Crippen LogP contribution in [0.2, 0.25) is 0 Å². The maximum Gasteiger partial charge on any atom is 0.355 e. The monoisotopic (exact) mass is 338 g/mol. The summed E-state index contributed by atoms with van der Waals surface area (Å²) in [6.07, 6.45) is 1.45. The van der Waals surface area contributed by atoms with Crippen LogP contribution in [0.15, 0.2) is 6.33 Å². The predicted molar refractivity (Wildman–Crippen MR) is 70.4 cm³/mol. The molecule has 0 aliphatic rings. The van der Waals surface area contributed by atoms with Crippen molar-refractivity contribution in [2.75, 3.05) is 0 Å². The maximum atomic E-state index is 10.7. The zero-order chi connectivity index (χ0) is 14.5. The molecule has 1 unspecified atom stereocenters. The second kappa shape index (κ2) is 10.2. The second-order valence-corrected chi connectivity index (χ2v) is 5.76. The molecule has 9 N–H and O–H groups in total. The first-order valence-electron chi connectivity index (χ1n) is 4.69. The van der Waals surface area contributed by atoms with Gasteiger partial charge in [-0.25, -0.2) is 4.98 Å². The fourth-order valence-electron chi connectivity index (χ4n) is 1.01. The normalized spacial score (nSPS) is 11.8. The van der Waals surface area contributed by atoms with Crippen LogP contribution in [0, 0.1) is 13.8 Å². The minimum absolute atomic E-state index is 0. The van der Waals surface area contributed by atoms with E-state index in [9.17, 15) is 4.57 Å².